The summed E-state index contributed by atoms with van der Waals surface area (Å²) in [4.78, 5) is 29.0. The van der Waals surface area contributed by atoms with Crippen LogP contribution >= 0.6 is 0 Å². The van der Waals surface area contributed by atoms with Crippen molar-refractivity contribution in [1.82, 2.24) is 9.80 Å². The Hall–Kier alpha value is -2.89. The molecular weight excluding hydrogens is 407 g/mol. The van der Waals surface area contributed by atoms with Crippen molar-refractivity contribution < 1.29 is 18.7 Å². The van der Waals surface area contributed by atoms with Crippen LogP contribution in [0, 0.1) is 12.7 Å². The molecule has 3 rings (SSSR count). The van der Waals surface area contributed by atoms with E-state index in [1.165, 1.54) is 12.1 Å². The van der Waals surface area contributed by atoms with Gasteiger partial charge in [0, 0.05) is 26.2 Å². The number of halogens is 1. The van der Waals surface area contributed by atoms with Crippen molar-refractivity contribution >= 4 is 11.8 Å². The van der Waals surface area contributed by atoms with Gasteiger partial charge in [-0.25, -0.2) is 4.39 Å². The molecule has 1 fully saturated rings. The highest BCUT2D eigenvalue weighted by Gasteiger charge is 2.24. The van der Waals surface area contributed by atoms with Gasteiger partial charge in [0.15, 0.2) is 6.61 Å². The minimum atomic E-state index is -0.312. The van der Waals surface area contributed by atoms with E-state index in [1.807, 2.05) is 19.1 Å². The molecule has 0 atom stereocenters. The number of ether oxygens (including phenoxy) is 1. The Kier molecular flexibility index (Phi) is 7.54. The number of aryl methyl sites for hydroxylation is 1. The maximum atomic E-state index is 13.1. The number of rotatable bonds is 5. The summed E-state index contributed by atoms with van der Waals surface area (Å²) in [5.41, 5.74) is 2.94. The van der Waals surface area contributed by atoms with Crippen LogP contribution in [-0.2, 0) is 21.4 Å². The molecule has 0 aliphatic carbocycles. The van der Waals surface area contributed by atoms with Crippen molar-refractivity contribution in [2.45, 2.75) is 46.0 Å². The second-order valence-electron chi connectivity index (χ2n) is 9.46. The lowest BCUT2D eigenvalue weighted by Crippen LogP contribution is -2.39. The van der Waals surface area contributed by atoms with E-state index in [9.17, 15) is 14.0 Å². The lowest BCUT2D eigenvalue weighted by Gasteiger charge is -2.25. The third-order valence-electron chi connectivity index (χ3n) is 5.76. The first kappa shape index (κ1) is 23.8. The van der Waals surface area contributed by atoms with Crippen molar-refractivity contribution in [3.05, 3.63) is 65.0 Å². The molecule has 6 heteroatoms. The minimum absolute atomic E-state index is 0.00312. The average molecular weight is 441 g/mol. The van der Waals surface area contributed by atoms with Gasteiger partial charge >= 0.3 is 0 Å². The number of carbonyl (C=O) groups excluding carboxylic acids is 2. The summed E-state index contributed by atoms with van der Waals surface area (Å²) >= 11 is 0. The van der Waals surface area contributed by atoms with Crippen molar-refractivity contribution in [2.24, 2.45) is 0 Å². The second kappa shape index (κ2) is 10.2. The van der Waals surface area contributed by atoms with E-state index in [0.717, 1.165) is 28.9 Å². The van der Waals surface area contributed by atoms with Crippen molar-refractivity contribution in [3.63, 3.8) is 0 Å². The van der Waals surface area contributed by atoms with Crippen LogP contribution in [-0.4, -0.2) is 54.4 Å². The molecular formula is C26H33FN2O3. The van der Waals surface area contributed by atoms with Gasteiger partial charge in [0.2, 0.25) is 5.91 Å². The van der Waals surface area contributed by atoms with Crippen LogP contribution < -0.4 is 4.74 Å². The van der Waals surface area contributed by atoms with E-state index in [0.29, 0.717) is 26.2 Å². The van der Waals surface area contributed by atoms with Crippen LogP contribution in [0.15, 0.2) is 42.5 Å². The van der Waals surface area contributed by atoms with Gasteiger partial charge in [-0.3, -0.25) is 9.59 Å². The molecule has 5 nitrogen and oxygen atoms in total. The van der Waals surface area contributed by atoms with Crippen LogP contribution in [0.25, 0.3) is 0 Å². The fourth-order valence-corrected chi connectivity index (χ4v) is 3.89. The van der Waals surface area contributed by atoms with Gasteiger partial charge in [0.05, 0.1) is 6.42 Å². The Bertz CT molecular complexity index is 951. The monoisotopic (exact) mass is 440 g/mol. The minimum Gasteiger partial charge on any atom is -0.483 e. The molecule has 1 aliphatic heterocycles. The first-order valence-corrected chi connectivity index (χ1v) is 11.2. The third kappa shape index (κ3) is 6.31. The summed E-state index contributed by atoms with van der Waals surface area (Å²) in [6, 6.07) is 12.0. The smallest absolute Gasteiger partial charge is 0.260 e. The highest BCUT2D eigenvalue weighted by Crippen LogP contribution is 2.32. The topological polar surface area (TPSA) is 49.9 Å². The zero-order valence-corrected chi connectivity index (χ0v) is 19.5. The molecule has 2 aromatic carbocycles. The van der Waals surface area contributed by atoms with Crippen LogP contribution in [0.1, 0.15) is 43.9 Å². The molecule has 0 radical (unpaired) electrons. The molecule has 0 aromatic heterocycles. The van der Waals surface area contributed by atoms with E-state index in [2.05, 4.69) is 26.8 Å². The molecule has 0 unspecified atom stereocenters. The Labute approximate surface area is 190 Å². The number of amides is 2. The van der Waals surface area contributed by atoms with Gasteiger partial charge in [0.1, 0.15) is 11.6 Å². The standard InChI is InChI=1S/C26H33FN2O3/c1-19-6-11-23(22(16-19)26(2,3)4)32-18-25(31)29-13-5-12-28(14-15-29)24(30)17-20-7-9-21(27)10-8-20/h6-11,16H,5,12-15,17-18H2,1-4H3. The van der Waals surface area contributed by atoms with Crippen LogP contribution in [0.3, 0.4) is 0 Å². The molecule has 0 spiro atoms. The number of hydrogen-bond acceptors (Lipinski definition) is 3. The highest BCUT2D eigenvalue weighted by molar-refractivity contribution is 5.80. The summed E-state index contributed by atoms with van der Waals surface area (Å²) in [7, 11) is 0. The first-order valence-electron chi connectivity index (χ1n) is 11.2. The van der Waals surface area contributed by atoms with Gasteiger partial charge in [-0.1, -0.05) is 50.6 Å². The van der Waals surface area contributed by atoms with Crippen LogP contribution in [0.2, 0.25) is 0 Å². The molecule has 0 bridgehead atoms. The zero-order chi connectivity index (χ0) is 23.3. The molecule has 32 heavy (non-hydrogen) atoms. The maximum Gasteiger partial charge on any atom is 0.260 e. The summed E-state index contributed by atoms with van der Waals surface area (Å²) in [5, 5.41) is 0. The Morgan fingerprint density at radius 2 is 1.56 bits per heavy atom. The molecule has 1 heterocycles. The molecule has 0 N–H and O–H groups in total. The van der Waals surface area contributed by atoms with Crippen LogP contribution in [0.4, 0.5) is 4.39 Å². The maximum absolute atomic E-state index is 13.1. The summed E-state index contributed by atoms with van der Waals surface area (Å²) in [6.45, 7) is 10.6. The molecule has 1 saturated heterocycles. The average Bonchev–Trinajstić information content (AvgIpc) is 3.00. The predicted molar refractivity (Wildman–Crippen MR) is 123 cm³/mol. The molecule has 172 valence electrons. The SMILES string of the molecule is Cc1ccc(OCC(=O)N2CCCN(C(=O)Cc3ccc(F)cc3)CC2)c(C(C)(C)C)c1. The van der Waals surface area contributed by atoms with Gasteiger partial charge in [0.25, 0.3) is 5.91 Å². The van der Waals surface area contributed by atoms with E-state index >= 15 is 0 Å². The second-order valence-corrected chi connectivity index (χ2v) is 9.46. The first-order chi connectivity index (χ1) is 15.1. The van der Waals surface area contributed by atoms with Crippen molar-refractivity contribution in [3.8, 4) is 5.75 Å². The molecule has 2 amide bonds. The normalized spacial score (nSPS) is 14.8. The Morgan fingerprint density at radius 3 is 2.19 bits per heavy atom. The van der Waals surface area contributed by atoms with E-state index in [-0.39, 0.29) is 36.1 Å². The third-order valence-corrected chi connectivity index (χ3v) is 5.76. The Balaban J connectivity index is 1.55. The van der Waals surface area contributed by atoms with Gasteiger partial charge in [-0.2, -0.15) is 0 Å². The van der Waals surface area contributed by atoms with Crippen molar-refractivity contribution in [2.75, 3.05) is 32.8 Å². The largest absolute Gasteiger partial charge is 0.483 e. The Morgan fingerprint density at radius 1 is 0.938 bits per heavy atom. The molecule has 0 saturated carbocycles. The highest BCUT2D eigenvalue weighted by atomic mass is 19.1. The molecule has 2 aromatic rings. The summed E-state index contributed by atoms with van der Waals surface area (Å²) in [5.74, 6) is 0.352. The fraction of sp³-hybridized carbons (Fsp3) is 0.462. The van der Waals surface area contributed by atoms with E-state index in [4.69, 9.17) is 4.74 Å². The summed E-state index contributed by atoms with van der Waals surface area (Å²) in [6.07, 6.45) is 0.957. The van der Waals surface area contributed by atoms with E-state index < -0.39 is 0 Å². The van der Waals surface area contributed by atoms with Gasteiger partial charge in [-0.05, 0) is 48.1 Å². The van der Waals surface area contributed by atoms with Gasteiger partial charge < -0.3 is 14.5 Å². The number of nitrogens with zero attached hydrogens (tertiary/aromatic N) is 2. The number of carbonyl (C=O) groups is 2. The molecule has 1 aliphatic rings. The van der Waals surface area contributed by atoms with Gasteiger partial charge in [-0.15, -0.1) is 0 Å². The van der Waals surface area contributed by atoms with E-state index in [1.54, 1.807) is 21.9 Å². The predicted octanol–water partition coefficient (Wildman–Crippen LogP) is 4.11. The van der Waals surface area contributed by atoms with Crippen LogP contribution in [0.5, 0.6) is 5.75 Å². The lowest BCUT2D eigenvalue weighted by molar-refractivity contribution is -0.134. The van der Waals surface area contributed by atoms with Crippen molar-refractivity contribution in [1.29, 1.82) is 0 Å². The number of hydrogen-bond donors (Lipinski definition) is 0. The summed E-state index contributed by atoms with van der Waals surface area (Å²) < 4.78 is 19.0. The quantitative estimate of drug-likeness (QED) is 0.703. The fourth-order valence-electron chi connectivity index (χ4n) is 3.89. The zero-order valence-electron chi connectivity index (χ0n) is 19.5. The number of benzene rings is 2. The lowest BCUT2D eigenvalue weighted by atomic mass is 9.85.